The van der Waals surface area contributed by atoms with E-state index in [0.717, 1.165) is 0 Å². The van der Waals surface area contributed by atoms with E-state index >= 15 is 0 Å². The van der Waals surface area contributed by atoms with Crippen molar-refractivity contribution < 1.29 is 4.79 Å². The summed E-state index contributed by atoms with van der Waals surface area (Å²) in [6.07, 6.45) is 2.90. The topological polar surface area (TPSA) is 73.0 Å². The first kappa shape index (κ1) is 16.2. The molecule has 0 atom stereocenters. The molecule has 0 aliphatic carbocycles. The van der Waals surface area contributed by atoms with Crippen molar-refractivity contribution in [2.75, 3.05) is 6.54 Å². The van der Waals surface area contributed by atoms with Gasteiger partial charge in [0, 0.05) is 19.6 Å². The van der Waals surface area contributed by atoms with Crippen LogP contribution in [0.1, 0.15) is 27.7 Å². The Morgan fingerprint density at radius 2 is 2.00 bits per heavy atom. The monoisotopic (exact) mass is 305 g/mol. The van der Waals surface area contributed by atoms with E-state index in [-0.39, 0.29) is 24.1 Å². The second-order valence-electron chi connectivity index (χ2n) is 6.22. The highest BCUT2D eigenvalue weighted by Crippen LogP contribution is 2.07. The normalized spacial score (nSPS) is 11.6. The fourth-order valence-electron chi connectivity index (χ4n) is 2.41. The molecule has 0 saturated heterocycles. The van der Waals surface area contributed by atoms with E-state index in [1.165, 1.54) is 17.1 Å². The van der Waals surface area contributed by atoms with Gasteiger partial charge in [0.2, 0.25) is 5.91 Å². The Kier molecular flexibility index (Phi) is 4.63. The number of nitrogens with zero attached hydrogens (tertiary/aromatic N) is 5. The zero-order valence-electron chi connectivity index (χ0n) is 13.8. The van der Waals surface area contributed by atoms with E-state index in [0.29, 0.717) is 23.5 Å². The fraction of sp³-hybridized carbons (Fsp3) is 0.600. The molecule has 0 unspecified atom stereocenters. The van der Waals surface area contributed by atoms with Gasteiger partial charge in [0.15, 0.2) is 5.65 Å². The molecule has 2 aromatic heterocycles. The Morgan fingerprint density at radius 1 is 1.32 bits per heavy atom. The number of fused-ring (bicyclic) bond motifs is 1. The van der Waals surface area contributed by atoms with Crippen LogP contribution < -0.4 is 5.56 Å². The van der Waals surface area contributed by atoms with Gasteiger partial charge in [0.25, 0.3) is 5.56 Å². The molecule has 0 N–H and O–H groups in total. The van der Waals surface area contributed by atoms with Crippen molar-refractivity contribution in [3.05, 3.63) is 22.9 Å². The molecule has 0 aliphatic heterocycles. The lowest BCUT2D eigenvalue weighted by Gasteiger charge is -2.28. The zero-order valence-corrected chi connectivity index (χ0v) is 13.8. The van der Waals surface area contributed by atoms with E-state index in [9.17, 15) is 9.59 Å². The molecule has 2 aromatic rings. The summed E-state index contributed by atoms with van der Waals surface area (Å²) in [5, 5.41) is 4.45. The van der Waals surface area contributed by atoms with E-state index < -0.39 is 0 Å². The number of rotatable bonds is 5. The van der Waals surface area contributed by atoms with E-state index in [4.69, 9.17) is 0 Å². The van der Waals surface area contributed by atoms with Crippen molar-refractivity contribution in [2.24, 2.45) is 13.0 Å². The Hall–Kier alpha value is -2.18. The van der Waals surface area contributed by atoms with E-state index in [1.54, 1.807) is 16.6 Å². The molecule has 22 heavy (non-hydrogen) atoms. The lowest BCUT2D eigenvalue weighted by Crippen LogP contribution is -2.42. The molecule has 1 amide bonds. The number of aromatic nitrogens is 4. The van der Waals surface area contributed by atoms with Crippen LogP contribution in [0.3, 0.4) is 0 Å². The van der Waals surface area contributed by atoms with Crippen LogP contribution in [0.5, 0.6) is 0 Å². The van der Waals surface area contributed by atoms with Gasteiger partial charge in [0.05, 0.1) is 6.20 Å². The summed E-state index contributed by atoms with van der Waals surface area (Å²) in [5.74, 6) is 0.304. The third-order valence-electron chi connectivity index (χ3n) is 3.53. The minimum atomic E-state index is -0.236. The number of hydrogen-bond acceptors (Lipinski definition) is 4. The van der Waals surface area contributed by atoms with Crippen LogP contribution in [0.25, 0.3) is 11.0 Å². The van der Waals surface area contributed by atoms with Crippen molar-refractivity contribution in [1.29, 1.82) is 0 Å². The molecular formula is C15H23N5O2. The lowest BCUT2D eigenvalue weighted by molar-refractivity contribution is -0.134. The number of aryl methyl sites for hydroxylation is 1. The molecular weight excluding hydrogens is 282 g/mol. The van der Waals surface area contributed by atoms with Gasteiger partial charge < -0.3 is 4.90 Å². The van der Waals surface area contributed by atoms with Crippen LogP contribution in [0, 0.1) is 5.92 Å². The minimum Gasteiger partial charge on any atom is -0.338 e. The predicted molar refractivity (Wildman–Crippen MR) is 84.5 cm³/mol. The summed E-state index contributed by atoms with van der Waals surface area (Å²) in [6.45, 7) is 8.77. The number of carbonyl (C=O) groups is 1. The van der Waals surface area contributed by atoms with Gasteiger partial charge in [0.1, 0.15) is 18.3 Å². The first-order valence-electron chi connectivity index (χ1n) is 7.48. The maximum absolute atomic E-state index is 12.5. The third-order valence-corrected chi connectivity index (χ3v) is 3.53. The van der Waals surface area contributed by atoms with Crippen LogP contribution >= 0.6 is 0 Å². The summed E-state index contributed by atoms with van der Waals surface area (Å²) >= 11 is 0. The molecule has 0 fully saturated rings. The maximum atomic E-state index is 12.5. The van der Waals surface area contributed by atoms with Gasteiger partial charge in [-0.25, -0.2) is 4.98 Å². The molecule has 2 rings (SSSR count). The first-order chi connectivity index (χ1) is 10.3. The Morgan fingerprint density at radius 3 is 2.59 bits per heavy atom. The fourth-order valence-corrected chi connectivity index (χ4v) is 2.41. The predicted octanol–water partition coefficient (Wildman–Crippen LogP) is 1.02. The van der Waals surface area contributed by atoms with Crippen LogP contribution in [0.2, 0.25) is 0 Å². The van der Waals surface area contributed by atoms with Crippen LogP contribution in [0.15, 0.2) is 17.3 Å². The highest BCUT2D eigenvalue weighted by molar-refractivity contribution is 5.77. The van der Waals surface area contributed by atoms with Gasteiger partial charge in [-0.2, -0.15) is 5.10 Å². The molecule has 2 heterocycles. The van der Waals surface area contributed by atoms with Gasteiger partial charge in [-0.05, 0) is 19.8 Å². The van der Waals surface area contributed by atoms with Crippen molar-refractivity contribution in [3.8, 4) is 0 Å². The van der Waals surface area contributed by atoms with Gasteiger partial charge in [-0.3, -0.25) is 18.8 Å². The standard InChI is InChI=1S/C15H23N5O2/c1-10(2)7-20(11(3)4)13(21)8-19-9-16-14-12(15(19)22)6-17-18(14)5/h6,9-11H,7-8H2,1-5H3. The Balaban J connectivity index is 2.27. The molecule has 0 bridgehead atoms. The highest BCUT2D eigenvalue weighted by Gasteiger charge is 2.19. The Bertz CT molecular complexity index is 729. The molecule has 0 spiro atoms. The van der Waals surface area contributed by atoms with Crippen LogP contribution in [0.4, 0.5) is 0 Å². The summed E-state index contributed by atoms with van der Waals surface area (Å²) in [4.78, 5) is 30.9. The quantitative estimate of drug-likeness (QED) is 0.827. The molecule has 0 aliphatic rings. The van der Waals surface area contributed by atoms with E-state index in [2.05, 4.69) is 23.9 Å². The first-order valence-corrected chi connectivity index (χ1v) is 7.48. The highest BCUT2D eigenvalue weighted by atomic mass is 16.2. The molecule has 120 valence electrons. The smallest absolute Gasteiger partial charge is 0.264 e. The number of carbonyl (C=O) groups excluding carboxylic acids is 1. The minimum absolute atomic E-state index is 0.00156. The summed E-state index contributed by atoms with van der Waals surface area (Å²) in [6, 6.07) is 0.0979. The van der Waals surface area contributed by atoms with Crippen LogP contribution in [-0.4, -0.2) is 42.7 Å². The van der Waals surface area contributed by atoms with Gasteiger partial charge in [-0.1, -0.05) is 13.8 Å². The SMILES string of the molecule is CC(C)CN(C(=O)Cn1cnc2c(cnn2C)c1=O)C(C)C. The maximum Gasteiger partial charge on any atom is 0.264 e. The molecule has 7 heteroatoms. The summed E-state index contributed by atoms with van der Waals surface area (Å²) in [7, 11) is 1.73. The summed E-state index contributed by atoms with van der Waals surface area (Å²) < 4.78 is 2.89. The lowest BCUT2D eigenvalue weighted by atomic mass is 10.2. The van der Waals surface area contributed by atoms with Gasteiger partial charge in [-0.15, -0.1) is 0 Å². The Labute approximate surface area is 129 Å². The average Bonchev–Trinajstić information content (AvgIpc) is 2.81. The zero-order chi connectivity index (χ0) is 16.4. The van der Waals surface area contributed by atoms with E-state index in [1.807, 2.05) is 13.8 Å². The van der Waals surface area contributed by atoms with Crippen LogP contribution in [-0.2, 0) is 18.4 Å². The second kappa shape index (κ2) is 6.29. The molecule has 7 nitrogen and oxygen atoms in total. The van der Waals surface area contributed by atoms with Crippen molar-refractivity contribution in [3.63, 3.8) is 0 Å². The number of amides is 1. The number of hydrogen-bond donors (Lipinski definition) is 0. The van der Waals surface area contributed by atoms with Crippen molar-refractivity contribution in [2.45, 2.75) is 40.3 Å². The van der Waals surface area contributed by atoms with Crippen molar-refractivity contribution >= 4 is 16.9 Å². The van der Waals surface area contributed by atoms with Crippen molar-refractivity contribution in [1.82, 2.24) is 24.2 Å². The summed E-state index contributed by atoms with van der Waals surface area (Å²) in [5.41, 5.74) is 0.288. The molecule has 0 aromatic carbocycles. The molecule has 0 saturated carbocycles. The molecule has 0 radical (unpaired) electrons. The van der Waals surface area contributed by atoms with Gasteiger partial charge >= 0.3 is 0 Å². The largest absolute Gasteiger partial charge is 0.338 e. The third kappa shape index (κ3) is 3.18. The average molecular weight is 305 g/mol. The second-order valence-corrected chi connectivity index (χ2v) is 6.22.